The van der Waals surface area contributed by atoms with Gasteiger partial charge in [-0.25, -0.2) is 9.37 Å². The lowest BCUT2D eigenvalue weighted by molar-refractivity contribution is -0.141. The molecule has 5 nitrogen and oxygen atoms in total. The summed E-state index contributed by atoms with van der Waals surface area (Å²) in [5.74, 6) is -1.90. The Morgan fingerprint density at radius 2 is 1.89 bits per heavy atom. The van der Waals surface area contributed by atoms with Crippen LogP contribution < -0.4 is 5.32 Å². The molecule has 0 aliphatic rings. The molecule has 1 N–H and O–H groups in total. The van der Waals surface area contributed by atoms with Crippen molar-refractivity contribution in [1.82, 2.24) is 10.1 Å². The highest BCUT2D eigenvalue weighted by atomic mass is 35.5. The molecule has 1 amide bonds. The summed E-state index contributed by atoms with van der Waals surface area (Å²) in [5, 5.41) is 5.89. The minimum Gasteiger partial charge on any atom is -0.360 e. The van der Waals surface area contributed by atoms with Crippen LogP contribution in [-0.4, -0.2) is 16.0 Å². The number of hydrogen-bond acceptors (Lipinski definition) is 4. The van der Waals surface area contributed by atoms with Crippen molar-refractivity contribution in [3.8, 4) is 11.3 Å². The highest BCUT2D eigenvalue weighted by Gasteiger charge is 2.33. The minimum atomic E-state index is -4.67. The standard InChI is InChI=1S/C17H10ClF4N3O2/c1-8-13(15(25-27-8)14-9(18)4-2-5-10(14)19)16(26)24-12-7-3-6-11(23-12)17(20,21)22/h2-7H,1H3,(H,23,24,26). The second-order valence-corrected chi connectivity index (χ2v) is 5.83. The molecule has 10 heteroatoms. The summed E-state index contributed by atoms with van der Waals surface area (Å²) in [6.07, 6.45) is -4.67. The molecule has 0 saturated heterocycles. The van der Waals surface area contributed by atoms with Gasteiger partial charge in [-0.3, -0.25) is 4.79 Å². The smallest absolute Gasteiger partial charge is 0.360 e. The van der Waals surface area contributed by atoms with Crippen LogP contribution in [0.15, 0.2) is 40.9 Å². The lowest BCUT2D eigenvalue weighted by Crippen LogP contribution is -2.16. The van der Waals surface area contributed by atoms with Crippen LogP contribution in [0.1, 0.15) is 21.8 Å². The van der Waals surface area contributed by atoms with E-state index < -0.39 is 23.6 Å². The number of rotatable bonds is 3. The second-order valence-electron chi connectivity index (χ2n) is 5.42. The van der Waals surface area contributed by atoms with Gasteiger partial charge in [0.15, 0.2) is 0 Å². The highest BCUT2D eigenvalue weighted by molar-refractivity contribution is 6.33. The fourth-order valence-corrected chi connectivity index (χ4v) is 2.63. The number of amides is 1. The molecular formula is C17H10ClF4N3O2. The average Bonchev–Trinajstić information content (AvgIpc) is 2.95. The van der Waals surface area contributed by atoms with E-state index in [9.17, 15) is 22.4 Å². The number of anilines is 1. The van der Waals surface area contributed by atoms with Gasteiger partial charge in [0.2, 0.25) is 0 Å². The van der Waals surface area contributed by atoms with Crippen molar-refractivity contribution in [1.29, 1.82) is 0 Å². The highest BCUT2D eigenvalue weighted by Crippen LogP contribution is 2.34. The number of alkyl halides is 3. The number of carbonyl (C=O) groups is 1. The third-order valence-corrected chi connectivity index (χ3v) is 3.89. The normalized spacial score (nSPS) is 11.5. The van der Waals surface area contributed by atoms with Crippen molar-refractivity contribution < 1.29 is 26.9 Å². The van der Waals surface area contributed by atoms with E-state index in [1.54, 1.807) is 0 Å². The van der Waals surface area contributed by atoms with Crippen LogP contribution in [0.3, 0.4) is 0 Å². The zero-order chi connectivity index (χ0) is 19.8. The molecule has 140 valence electrons. The second kappa shape index (κ2) is 6.99. The lowest BCUT2D eigenvalue weighted by atomic mass is 10.0. The molecule has 0 atom stereocenters. The number of nitrogens with one attached hydrogen (secondary N) is 1. The SMILES string of the molecule is Cc1onc(-c2c(F)cccc2Cl)c1C(=O)Nc1cccc(C(F)(F)F)n1. The van der Waals surface area contributed by atoms with E-state index in [4.69, 9.17) is 16.1 Å². The van der Waals surface area contributed by atoms with Gasteiger partial charge in [-0.15, -0.1) is 0 Å². The molecule has 3 aromatic rings. The number of carbonyl (C=O) groups excluding carboxylic acids is 1. The molecule has 3 rings (SSSR count). The monoisotopic (exact) mass is 399 g/mol. The summed E-state index contributed by atoms with van der Waals surface area (Å²) in [7, 11) is 0. The van der Waals surface area contributed by atoms with Crippen LogP contribution in [0.4, 0.5) is 23.4 Å². The molecular weight excluding hydrogens is 390 g/mol. The first-order valence-corrected chi connectivity index (χ1v) is 7.82. The van der Waals surface area contributed by atoms with E-state index in [-0.39, 0.29) is 33.4 Å². The number of aryl methyl sites for hydroxylation is 1. The van der Waals surface area contributed by atoms with E-state index in [0.29, 0.717) is 0 Å². The Morgan fingerprint density at radius 1 is 1.19 bits per heavy atom. The van der Waals surface area contributed by atoms with Crippen molar-refractivity contribution in [2.24, 2.45) is 0 Å². The number of benzene rings is 1. The van der Waals surface area contributed by atoms with Crippen LogP contribution in [0, 0.1) is 12.7 Å². The fraction of sp³-hybridized carbons (Fsp3) is 0.118. The number of hydrogen-bond donors (Lipinski definition) is 1. The average molecular weight is 400 g/mol. The number of nitrogens with zero attached hydrogens (tertiary/aromatic N) is 2. The van der Waals surface area contributed by atoms with Gasteiger partial charge in [-0.2, -0.15) is 13.2 Å². The van der Waals surface area contributed by atoms with E-state index in [2.05, 4.69) is 15.5 Å². The maximum absolute atomic E-state index is 14.2. The van der Waals surface area contributed by atoms with Gasteiger partial charge in [-0.1, -0.05) is 28.9 Å². The molecule has 0 saturated carbocycles. The maximum atomic E-state index is 14.2. The number of halogens is 5. The molecule has 0 radical (unpaired) electrons. The van der Waals surface area contributed by atoms with Gasteiger partial charge in [0, 0.05) is 0 Å². The first-order chi connectivity index (χ1) is 12.7. The van der Waals surface area contributed by atoms with Crippen molar-refractivity contribution in [2.75, 3.05) is 5.32 Å². The van der Waals surface area contributed by atoms with Crippen LogP contribution in [0.2, 0.25) is 5.02 Å². The summed E-state index contributed by atoms with van der Waals surface area (Å²) in [4.78, 5) is 15.9. The Balaban J connectivity index is 1.99. The van der Waals surface area contributed by atoms with Gasteiger partial charge in [0.1, 0.15) is 34.3 Å². The predicted molar refractivity (Wildman–Crippen MR) is 88.8 cm³/mol. The Bertz CT molecular complexity index is 997. The van der Waals surface area contributed by atoms with Gasteiger partial charge in [0.05, 0.1) is 10.6 Å². The first-order valence-electron chi connectivity index (χ1n) is 7.44. The molecule has 2 aromatic heterocycles. The van der Waals surface area contributed by atoms with E-state index in [1.165, 1.54) is 25.1 Å². The van der Waals surface area contributed by atoms with Gasteiger partial charge in [-0.05, 0) is 31.2 Å². The van der Waals surface area contributed by atoms with Crippen molar-refractivity contribution in [3.63, 3.8) is 0 Å². The molecule has 0 bridgehead atoms. The summed E-state index contributed by atoms with van der Waals surface area (Å²) in [5.41, 5.74) is -1.65. The molecule has 0 fully saturated rings. The van der Waals surface area contributed by atoms with Crippen LogP contribution >= 0.6 is 11.6 Å². The zero-order valence-electron chi connectivity index (χ0n) is 13.6. The van der Waals surface area contributed by atoms with Crippen LogP contribution in [0.25, 0.3) is 11.3 Å². The van der Waals surface area contributed by atoms with Crippen LogP contribution in [0.5, 0.6) is 0 Å². The predicted octanol–water partition coefficient (Wildman–Crippen LogP) is 5.11. The molecule has 0 spiro atoms. The third kappa shape index (κ3) is 3.77. The van der Waals surface area contributed by atoms with E-state index >= 15 is 0 Å². The Kier molecular flexibility index (Phi) is 4.88. The molecule has 0 unspecified atom stereocenters. The summed E-state index contributed by atoms with van der Waals surface area (Å²) in [6, 6.07) is 6.96. The zero-order valence-corrected chi connectivity index (χ0v) is 14.3. The van der Waals surface area contributed by atoms with Crippen LogP contribution in [-0.2, 0) is 6.18 Å². The Morgan fingerprint density at radius 3 is 2.56 bits per heavy atom. The summed E-state index contributed by atoms with van der Waals surface area (Å²) in [6.45, 7) is 1.40. The molecule has 0 aliphatic heterocycles. The summed E-state index contributed by atoms with van der Waals surface area (Å²) >= 11 is 5.99. The van der Waals surface area contributed by atoms with E-state index in [0.717, 1.165) is 18.2 Å². The maximum Gasteiger partial charge on any atom is 0.433 e. The number of aromatic nitrogens is 2. The van der Waals surface area contributed by atoms with Gasteiger partial charge >= 0.3 is 6.18 Å². The Hall–Kier alpha value is -2.94. The van der Waals surface area contributed by atoms with Crippen molar-refractivity contribution in [2.45, 2.75) is 13.1 Å². The lowest BCUT2D eigenvalue weighted by Gasteiger charge is -2.09. The van der Waals surface area contributed by atoms with Crippen molar-refractivity contribution >= 4 is 23.3 Å². The molecule has 2 heterocycles. The van der Waals surface area contributed by atoms with Gasteiger partial charge < -0.3 is 9.84 Å². The van der Waals surface area contributed by atoms with Gasteiger partial charge in [0.25, 0.3) is 5.91 Å². The summed E-state index contributed by atoms with van der Waals surface area (Å²) < 4.78 is 57.4. The quantitative estimate of drug-likeness (QED) is 0.621. The fourth-order valence-electron chi connectivity index (χ4n) is 2.38. The largest absolute Gasteiger partial charge is 0.433 e. The minimum absolute atomic E-state index is 0.00505. The third-order valence-electron chi connectivity index (χ3n) is 3.57. The van der Waals surface area contributed by atoms with E-state index in [1.807, 2.05) is 0 Å². The molecule has 0 aliphatic carbocycles. The number of pyridine rings is 1. The molecule has 1 aromatic carbocycles. The Labute approximate surface area is 155 Å². The first kappa shape index (κ1) is 18.8. The molecule has 27 heavy (non-hydrogen) atoms. The topological polar surface area (TPSA) is 68.0 Å². The van der Waals surface area contributed by atoms with Crippen molar-refractivity contribution in [3.05, 3.63) is 64.3 Å².